The number of carbonyl (C=O) groups is 1. The number of anilines is 1. The topological polar surface area (TPSA) is 54.9 Å². The van der Waals surface area contributed by atoms with Gasteiger partial charge in [0.15, 0.2) is 0 Å². The van der Waals surface area contributed by atoms with Gasteiger partial charge in [0, 0.05) is 24.5 Å². The molecule has 2 rings (SSSR count). The zero-order valence-corrected chi connectivity index (χ0v) is 10.2. The monoisotopic (exact) mass is 241 g/mol. The Morgan fingerprint density at radius 2 is 1.94 bits per heavy atom. The summed E-state index contributed by atoms with van der Waals surface area (Å²) in [5.41, 5.74) is 1.78. The highest BCUT2D eigenvalue weighted by molar-refractivity contribution is 5.92. The van der Waals surface area contributed by atoms with Crippen LogP contribution in [0.25, 0.3) is 0 Å². The molecule has 2 aromatic heterocycles. The van der Waals surface area contributed by atoms with Crippen LogP contribution in [0, 0.1) is 5.92 Å². The Morgan fingerprint density at radius 3 is 2.56 bits per heavy atom. The van der Waals surface area contributed by atoms with E-state index >= 15 is 0 Å². The van der Waals surface area contributed by atoms with Crippen LogP contribution in [0.15, 0.2) is 49.1 Å². The minimum atomic E-state index is -0.102. The van der Waals surface area contributed by atoms with Crippen molar-refractivity contribution in [2.24, 2.45) is 5.92 Å². The van der Waals surface area contributed by atoms with Gasteiger partial charge in [-0.1, -0.05) is 13.0 Å². The first-order valence-electron chi connectivity index (χ1n) is 5.85. The Morgan fingerprint density at radius 1 is 1.22 bits per heavy atom. The third-order valence-electron chi connectivity index (χ3n) is 2.64. The van der Waals surface area contributed by atoms with Gasteiger partial charge in [-0.2, -0.15) is 0 Å². The van der Waals surface area contributed by atoms with E-state index in [0.717, 1.165) is 11.3 Å². The summed E-state index contributed by atoms with van der Waals surface area (Å²) < 4.78 is 0. The number of aromatic nitrogens is 2. The van der Waals surface area contributed by atoms with E-state index in [1.807, 2.05) is 25.1 Å². The number of hydrogen-bond acceptors (Lipinski definition) is 3. The van der Waals surface area contributed by atoms with Gasteiger partial charge in [-0.05, 0) is 30.2 Å². The standard InChI is InChI=1S/C14H15N3O/c1-11(8-12-4-2-6-15-9-12)14(18)17-13-5-3-7-16-10-13/h2-7,9-11H,8H2,1H3,(H,17,18). The number of nitrogens with one attached hydrogen (secondary N) is 1. The molecule has 0 radical (unpaired) electrons. The Labute approximate surface area is 106 Å². The fraction of sp³-hybridized carbons (Fsp3) is 0.214. The Kier molecular flexibility index (Phi) is 4.02. The predicted molar refractivity (Wildman–Crippen MR) is 70.0 cm³/mol. The third-order valence-corrected chi connectivity index (χ3v) is 2.64. The molecular formula is C14H15N3O. The van der Waals surface area contributed by atoms with Gasteiger partial charge in [-0.25, -0.2) is 0 Å². The molecule has 0 saturated carbocycles. The molecule has 2 aromatic rings. The number of rotatable bonds is 4. The molecule has 4 heteroatoms. The molecule has 0 saturated heterocycles. The molecule has 0 aromatic carbocycles. The predicted octanol–water partition coefficient (Wildman–Crippen LogP) is 2.29. The van der Waals surface area contributed by atoms with Gasteiger partial charge in [0.05, 0.1) is 11.9 Å². The summed E-state index contributed by atoms with van der Waals surface area (Å²) in [4.78, 5) is 20.0. The molecule has 0 bridgehead atoms. The van der Waals surface area contributed by atoms with Gasteiger partial charge in [-0.3, -0.25) is 14.8 Å². The van der Waals surface area contributed by atoms with Crippen molar-refractivity contribution in [3.63, 3.8) is 0 Å². The Hall–Kier alpha value is -2.23. The zero-order valence-electron chi connectivity index (χ0n) is 10.2. The maximum absolute atomic E-state index is 12.0. The summed E-state index contributed by atoms with van der Waals surface area (Å²) in [6, 6.07) is 7.46. The van der Waals surface area contributed by atoms with Crippen LogP contribution in [-0.4, -0.2) is 15.9 Å². The summed E-state index contributed by atoms with van der Waals surface area (Å²) in [7, 11) is 0. The fourth-order valence-electron chi connectivity index (χ4n) is 1.67. The molecule has 2 heterocycles. The van der Waals surface area contributed by atoms with E-state index in [-0.39, 0.29) is 11.8 Å². The summed E-state index contributed by atoms with van der Waals surface area (Å²) >= 11 is 0. The molecule has 0 aliphatic heterocycles. The second kappa shape index (κ2) is 5.91. The van der Waals surface area contributed by atoms with Crippen molar-refractivity contribution in [3.05, 3.63) is 54.6 Å². The lowest BCUT2D eigenvalue weighted by Crippen LogP contribution is -2.22. The number of pyridine rings is 2. The highest BCUT2D eigenvalue weighted by Gasteiger charge is 2.13. The minimum absolute atomic E-state index is 0.00754. The maximum Gasteiger partial charge on any atom is 0.227 e. The largest absolute Gasteiger partial charge is 0.324 e. The highest BCUT2D eigenvalue weighted by Crippen LogP contribution is 2.10. The summed E-state index contributed by atoms with van der Waals surface area (Å²) in [5, 5.41) is 2.84. The molecule has 1 amide bonds. The van der Waals surface area contributed by atoms with Gasteiger partial charge in [-0.15, -0.1) is 0 Å². The molecular weight excluding hydrogens is 226 g/mol. The molecule has 18 heavy (non-hydrogen) atoms. The van der Waals surface area contributed by atoms with E-state index in [0.29, 0.717) is 6.42 Å². The fourth-order valence-corrected chi connectivity index (χ4v) is 1.67. The van der Waals surface area contributed by atoms with Crippen LogP contribution < -0.4 is 5.32 Å². The molecule has 0 spiro atoms. The van der Waals surface area contributed by atoms with Crippen LogP contribution >= 0.6 is 0 Å². The van der Waals surface area contributed by atoms with Crippen molar-refractivity contribution in [1.82, 2.24) is 9.97 Å². The van der Waals surface area contributed by atoms with Crippen molar-refractivity contribution in [3.8, 4) is 0 Å². The van der Waals surface area contributed by atoms with Crippen molar-refractivity contribution in [2.45, 2.75) is 13.3 Å². The van der Waals surface area contributed by atoms with E-state index in [1.54, 1.807) is 30.9 Å². The maximum atomic E-state index is 12.0. The van der Waals surface area contributed by atoms with Crippen LogP contribution in [0.3, 0.4) is 0 Å². The second-order valence-electron chi connectivity index (χ2n) is 4.20. The lowest BCUT2D eigenvalue weighted by molar-refractivity contribution is -0.119. The Bertz CT molecular complexity index is 499. The van der Waals surface area contributed by atoms with E-state index in [2.05, 4.69) is 15.3 Å². The normalized spacial score (nSPS) is 11.8. The van der Waals surface area contributed by atoms with Crippen molar-refractivity contribution < 1.29 is 4.79 Å². The molecule has 1 atom stereocenters. The molecule has 1 unspecified atom stereocenters. The van der Waals surface area contributed by atoms with Gasteiger partial charge < -0.3 is 5.32 Å². The quantitative estimate of drug-likeness (QED) is 0.893. The first-order valence-corrected chi connectivity index (χ1v) is 5.85. The SMILES string of the molecule is CC(Cc1cccnc1)C(=O)Nc1cccnc1. The molecule has 0 aliphatic carbocycles. The average molecular weight is 241 g/mol. The number of nitrogens with zero attached hydrogens (tertiary/aromatic N) is 2. The lowest BCUT2D eigenvalue weighted by atomic mass is 10.0. The first-order chi connectivity index (χ1) is 8.75. The van der Waals surface area contributed by atoms with Crippen molar-refractivity contribution >= 4 is 11.6 Å². The van der Waals surface area contributed by atoms with E-state index < -0.39 is 0 Å². The third kappa shape index (κ3) is 3.38. The van der Waals surface area contributed by atoms with Gasteiger partial charge >= 0.3 is 0 Å². The number of carbonyl (C=O) groups excluding carboxylic acids is 1. The van der Waals surface area contributed by atoms with E-state index in [1.165, 1.54) is 0 Å². The Balaban J connectivity index is 1.93. The molecule has 4 nitrogen and oxygen atoms in total. The first kappa shape index (κ1) is 12.2. The van der Waals surface area contributed by atoms with Gasteiger partial charge in [0.2, 0.25) is 5.91 Å². The second-order valence-corrected chi connectivity index (χ2v) is 4.20. The zero-order chi connectivity index (χ0) is 12.8. The molecule has 92 valence electrons. The minimum Gasteiger partial charge on any atom is -0.324 e. The number of amides is 1. The molecule has 0 aliphatic rings. The van der Waals surface area contributed by atoms with Crippen LogP contribution in [0.5, 0.6) is 0 Å². The van der Waals surface area contributed by atoms with Crippen molar-refractivity contribution in [1.29, 1.82) is 0 Å². The summed E-state index contributed by atoms with van der Waals surface area (Å²) in [6.07, 6.45) is 7.50. The van der Waals surface area contributed by atoms with Crippen LogP contribution in [0.4, 0.5) is 5.69 Å². The smallest absolute Gasteiger partial charge is 0.227 e. The van der Waals surface area contributed by atoms with E-state index in [9.17, 15) is 4.79 Å². The van der Waals surface area contributed by atoms with Gasteiger partial charge in [0.1, 0.15) is 0 Å². The molecule has 1 N–H and O–H groups in total. The van der Waals surface area contributed by atoms with Crippen LogP contribution in [-0.2, 0) is 11.2 Å². The van der Waals surface area contributed by atoms with Gasteiger partial charge in [0.25, 0.3) is 0 Å². The highest BCUT2D eigenvalue weighted by atomic mass is 16.1. The molecule has 0 fully saturated rings. The number of hydrogen-bond donors (Lipinski definition) is 1. The summed E-state index contributed by atoms with van der Waals surface area (Å²) in [6.45, 7) is 1.90. The van der Waals surface area contributed by atoms with Crippen LogP contribution in [0.1, 0.15) is 12.5 Å². The van der Waals surface area contributed by atoms with Crippen molar-refractivity contribution in [2.75, 3.05) is 5.32 Å². The van der Waals surface area contributed by atoms with Crippen LogP contribution in [0.2, 0.25) is 0 Å². The lowest BCUT2D eigenvalue weighted by Gasteiger charge is -2.11. The summed E-state index contributed by atoms with van der Waals surface area (Å²) in [5.74, 6) is -0.110. The average Bonchev–Trinajstić information content (AvgIpc) is 2.41. The van der Waals surface area contributed by atoms with E-state index in [4.69, 9.17) is 0 Å².